The van der Waals surface area contributed by atoms with Crippen LogP contribution in [-0.2, 0) is 6.42 Å². The molecule has 1 aliphatic rings. The van der Waals surface area contributed by atoms with Crippen molar-refractivity contribution in [3.63, 3.8) is 0 Å². The third-order valence-electron chi connectivity index (χ3n) is 2.85. The second-order valence-corrected chi connectivity index (χ2v) is 4.05. The molecule has 0 radical (unpaired) electrons. The molecule has 90 valence electrons. The van der Waals surface area contributed by atoms with Gasteiger partial charge in [-0.25, -0.2) is 14.8 Å². The van der Waals surface area contributed by atoms with Gasteiger partial charge in [-0.2, -0.15) is 0 Å². The molecule has 1 aromatic carbocycles. The average Bonchev–Trinajstić information content (AvgIpc) is 2.82. The Kier molecular flexibility index (Phi) is 2.44. The first-order chi connectivity index (χ1) is 8.74. The van der Waals surface area contributed by atoms with Crippen molar-refractivity contribution in [3.05, 3.63) is 53.6 Å². The number of aromatic carboxylic acids is 1. The molecule has 5 nitrogen and oxygen atoms in total. The summed E-state index contributed by atoms with van der Waals surface area (Å²) < 4.78 is 5.72. The number of carboxylic acids is 1. The van der Waals surface area contributed by atoms with Gasteiger partial charge < -0.3 is 9.84 Å². The van der Waals surface area contributed by atoms with Gasteiger partial charge in [-0.15, -0.1) is 0 Å². The second kappa shape index (κ2) is 4.10. The summed E-state index contributed by atoms with van der Waals surface area (Å²) in [4.78, 5) is 18.8. The normalized spacial score (nSPS) is 17.0. The third kappa shape index (κ3) is 1.79. The molecule has 0 fully saturated rings. The fourth-order valence-electron chi connectivity index (χ4n) is 1.94. The van der Waals surface area contributed by atoms with Gasteiger partial charge in [0.1, 0.15) is 5.75 Å². The predicted molar refractivity (Wildman–Crippen MR) is 62.5 cm³/mol. The average molecular weight is 242 g/mol. The minimum Gasteiger partial charge on any atom is -0.482 e. The lowest BCUT2D eigenvalue weighted by Gasteiger charge is -2.08. The standard InChI is InChI=1S/C13H10N2O3/c16-13(17)9-6-14-12(15-7-9)11-5-8-3-1-2-4-10(8)18-11/h1-4,6-7,11H,5H2,(H,16,17). The van der Waals surface area contributed by atoms with E-state index in [1.165, 1.54) is 12.4 Å². The van der Waals surface area contributed by atoms with Crippen molar-refractivity contribution in [2.24, 2.45) is 0 Å². The molecule has 3 rings (SSSR count). The smallest absolute Gasteiger partial charge is 0.338 e. The third-order valence-corrected chi connectivity index (χ3v) is 2.85. The van der Waals surface area contributed by atoms with Gasteiger partial charge in [0.25, 0.3) is 0 Å². The summed E-state index contributed by atoms with van der Waals surface area (Å²) in [6, 6.07) is 7.77. The zero-order valence-corrected chi connectivity index (χ0v) is 9.41. The first-order valence-electron chi connectivity index (χ1n) is 5.54. The molecule has 0 saturated carbocycles. The van der Waals surface area contributed by atoms with Crippen molar-refractivity contribution >= 4 is 5.97 Å². The highest BCUT2D eigenvalue weighted by molar-refractivity contribution is 5.86. The Morgan fingerprint density at radius 3 is 2.67 bits per heavy atom. The molecule has 1 atom stereocenters. The van der Waals surface area contributed by atoms with E-state index < -0.39 is 5.97 Å². The molecule has 1 N–H and O–H groups in total. The minimum absolute atomic E-state index is 0.0780. The number of hydrogen-bond donors (Lipinski definition) is 1. The summed E-state index contributed by atoms with van der Waals surface area (Å²) in [5.74, 6) is 0.321. The van der Waals surface area contributed by atoms with Crippen molar-refractivity contribution in [2.75, 3.05) is 0 Å². The predicted octanol–water partition coefficient (Wildman–Crippen LogP) is 1.85. The van der Waals surface area contributed by atoms with Gasteiger partial charge in [0.05, 0.1) is 5.56 Å². The van der Waals surface area contributed by atoms with Crippen LogP contribution in [0.15, 0.2) is 36.7 Å². The number of rotatable bonds is 2. The van der Waals surface area contributed by atoms with E-state index in [9.17, 15) is 4.79 Å². The van der Waals surface area contributed by atoms with Crippen LogP contribution < -0.4 is 4.74 Å². The summed E-state index contributed by atoms with van der Waals surface area (Å²) >= 11 is 0. The van der Waals surface area contributed by atoms with Gasteiger partial charge in [-0.1, -0.05) is 18.2 Å². The largest absolute Gasteiger partial charge is 0.482 e. The maximum atomic E-state index is 10.7. The van der Waals surface area contributed by atoms with Crippen LogP contribution in [0, 0.1) is 0 Å². The number of nitrogens with zero attached hydrogens (tertiary/aromatic N) is 2. The number of carbonyl (C=O) groups is 1. The van der Waals surface area contributed by atoms with Gasteiger partial charge >= 0.3 is 5.97 Å². The quantitative estimate of drug-likeness (QED) is 0.870. The number of carboxylic acid groups (broad SMARTS) is 1. The molecule has 2 heterocycles. The van der Waals surface area contributed by atoms with Crippen LogP contribution in [0.3, 0.4) is 0 Å². The van der Waals surface area contributed by atoms with E-state index in [-0.39, 0.29) is 11.7 Å². The van der Waals surface area contributed by atoms with Crippen molar-refractivity contribution in [2.45, 2.75) is 12.5 Å². The molecular weight excluding hydrogens is 232 g/mol. The first-order valence-corrected chi connectivity index (χ1v) is 5.54. The van der Waals surface area contributed by atoms with Crippen molar-refractivity contribution in [1.29, 1.82) is 0 Å². The fourth-order valence-corrected chi connectivity index (χ4v) is 1.94. The van der Waals surface area contributed by atoms with E-state index in [1.54, 1.807) is 0 Å². The number of ether oxygens (including phenoxy) is 1. The molecule has 1 aliphatic heterocycles. The van der Waals surface area contributed by atoms with Crippen molar-refractivity contribution < 1.29 is 14.6 Å². The van der Waals surface area contributed by atoms with E-state index >= 15 is 0 Å². The molecule has 0 bridgehead atoms. The lowest BCUT2D eigenvalue weighted by Crippen LogP contribution is -2.09. The van der Waals surface area contributed by atoms with E-state index in [0.29, 0.717) is 12.2 Å². The highest BCUT2D eigenvalue weighted by Gasteiger charge is 2.26. The Hall–Kier alpha value is -2.43. The summed E-state index contributed by atoms with van der Waals surface area (Å²) in [5.41, 5.74) is 1.20. The topological polar surface area (TPSA) is 72.3 Å². The van der Waals surface area contributed by atoms with E-state index in [0.717, 1.165) is 11.3 Å². The monoisotopic (exact) mass is 242 g/mol. The van der Waals surface area contributed by atoms with Crippen molar-refractivity contribution in [3.8, 4) is 5.75 Å². The van der Waals surface area contributed by atoms with Gasteiger partial charge in [0, 0.05) is 18.8 Å². The lowest BCUT2D eigenvalue weighted by atomic mass is 10.1. The van der Waals surface area contributed by atoms with Gasteiger partial charge in [0.2, 0.25) is 0 Å². The van der Waals surface area contributed by atoms with Crippen LogP contribution in [0.25, 0.3) is 0 Å². The second-order valence-electron chi connectivity index (χ2n) is 4.05. The molecule has 5 heteroatoms. The first kappa shape index (κ1) is 10.7. The van der Waals surface area contributed by atoms with Gasteiger partial charge in [-0.3, -0.25) is 0 Å². The Bertz CT molecular complexity index is 570. The molecule has 0 spiro atoms. The summed E-state index contributed by atoms with van der Waals surface area (Å²) in [6.45, 7) is 0. The number of hydrogen-bond acceptors (Lipinski definition) is 4. The lowest BCUT2D eigenvalue weighted by molar-refractivity contribution is 0.0695. The van der Waals surface area contributed by atoms with Crippen LogP contribution in [0.1, 0.15) is 27.8 Å². The SMILES string of the molecule is O=C(O)c1cnc(C2Cc3ccccc3O2)nc1. The zero-order chi connectivity index (χ0) is 12.5. The van der Waals surface area contributed by atoms with Gasteiger partial charge in [-0.05, 0) is 11.6 Å². The number of benzene rings is 1. The molecule has 0 saturated heterocycles. The summed E-state index contributed by atoms with van der Waals surface area (Å²) in [7, 11) is 0. The molecule has 1 aromatic heterocycles. The summed E-state index contributed by atoms with van der Waals surface area (Å²) in [6.07, 6.45) is 3.08. The van der Waals surface area contributed by atoms with Crippen LogP contribution in [0.4, 0.5) is 0 Å². The Balaban J connectivity index is 1.84. The van der Waals surface area contributed by atoms with Crippen LogP contribution in [-0.4, -0.2) is 21.0 Å². The molecular formula is C13H10N2O3. The molecule has 1 unspecified atom stereocenters. The molecule has 2 aromatic rings. The number of fused-ring (bicyclic) bond motifs is 1. The Morgan fingerprint density at radius 2 is 2.00 bits per heavy atom. The molecule has 0 amide bonds. The maximum absolute atomic E-state index is 10.7. The molecule has 18 heavy (non-hydrogen) atoms. The van der Waals surface area contributed by atoms with Crippen molar-refractivity contribution in [1.82, 2.24) is 9.97 Å². The van der Waals surface area contributed by atoms with E-state index in [4.69, 9.17) is 9.84 Å². The highest BCUT2D eigenvalue weighted by atomic mass is 16.5. The van der Waals surface area contributed by atoms with Crippen LogP contribution in [0.2, 0.25) is 0 Å². The Labute approximate surface area is 103 Å². The van der Waals surface area contributed by atoms with Crippen LogP contribution in [0.5, 0.6) is 5.75 Å². The van der Waals surface area contributed by atoms with E-state index in [1.807, 2.05) is 24.3 Å². The molecule has 0 aliphatic carbocycles. The van der Waals surface area contributed by atoms with Crippen LogP contribution >= 0.6 is 0 Å². The number of para-hydroxylation sites is 1. The fraction of sp³-hybridized carbons (Fsp3) is 0.154. The number of aromatic nitrogens is 2. The highest BCUT2D eigenvalue weighted by Crippen LogP contribution is 2.34. The van der Waals surface area contributed by atoms with Gasteiger partial charge in [0.15, 0.2) is 11.9 Å². The minimum atomic E-state index is -1.03. The zero-order valence-electron chi connectivity index (χ0n) is 9.41. The summed E-state index contributed by atoms with van der Waals surface area (Å²) in [5, 5.41) is 8.77. The maximum Gasteiger partial charge on any atom is 0.338 e. The van der Waals surface area contributed by atoms with E-state index in [2.05, 4.69) is 9.97 Å². The Morgan fingerprint density at radius 1 is 1.28 bits per heavy atom.